The van der Waals surface area contributed by atoms with Crippen molar-refractivity contribution in [2.24, 2.45) is 4.99 Å². The van der Waals surface area contributed by atoms with Crippen LogP contribution in [0.5, 0.6) is 5.75 Å². The van der Waals surface area contributed by atoms with Gasteiger partial charge in [-0.3, -0.25) is 5.32 Å². The van der Waals surface area contributed by atoms with Gasteiger partial charge in [0.2, 0.25) is 5.96 Å². The maximum atomic E-state index is 10.2. The van der Waals surface area contributed by atoms with Gasteiger partial charge in [0.1, 0.15) is 35.1 Å². The molecule has 0 radical (unpaired) electrons. The fourth-order valence-electron chi connectivity index (χ4n) is 3.06. The number of hydrogen-bond acceptors (Lipinski definition) is 10. The van der Waals surface area contributed by atoms with Gasteiger partial charge in [-0.1, -0.05) is 6.07 Å². The Morgan fingerprint density at radius 2 is 2.07 bits per heavy atom. The number of rotatable bonds is 3. The van der Waals surface area contributed by atoms with E-state index in [0.29, 0.717) is 23.5 Å². The highest BCUT2D eigenvalue weighted by molar-refractivity contribution is 5.98. The molecule has 1 aromatic carbocycles. The van der Waals surface area contributed by atoms with Gasteiger partial charge in [-0.05, 0) is 31.8 Å². The average molecular weight is 377 g/mol. The van der Waals surface area contributed by atoms with Gasteiger partial charge in [0, 0.05) is 17.7 Å². The lowest BCUT2D eigenvalue weighted by molar-refractivity contribution is 0.385. The standard InChI is InChI=1S/C18H19N9O/c1-27(2)7-10-5-9(3-4-12(10)28)15-13-14(21)11(6-19)16(22)25-17(13)26-18(24-15)23-8-20/h3-5,15,28H,7H2,1-2H3,(H6,21,22,23,24,25,26). The molecule has 142 valence electrons. The summed E-state index contributed by atoms with van der Waals surface area (Å²) in [7, 11) is 3.78. The average Bonchev–Trinajstić information content (AvgIpc) is 2.63. The van der Waals surface area contributed by atoms with Crippen LogP contribution < -0.4 is 22.1 Å². The van der Waals surface area contributed by atoms with Gasteiger partial charge in [-0.25, -0.2) is 9.98 Å². The van der Waals surface area contributed by atoms with Crippen molar-refractivity contribution in [3.8, 4) is 18.0 Å². The zero-order valence-corrected chi connectivity index (χ0v) is 15.4. The molecular weight excluding hydrogens is 358 g/mol. The third-order valence-corrected chi connectivity index (χ3v) is 4.26. The van der Waals surface area contributed by atoms with E-state index in [0.717, 1.165) is 5.56 Å². The molecule has 2 heterocycles. The number of pyridine rings is 1. The number of nitrogens with one attached hydrogen (secondary N) is 2. The smallest absolute Gasteiger partial charge is 0.211 e. The molecule has 0 spiro atoms. The normalized spacial score (nSPS) is 15.0. The monoisotopic (exact) mass is 377 g/mol. The van der Waals surface area contributed by atoms with Crippen molar-refractivity contribution in [2.75, 3.05) is 30.9 Å². The number of nitrogens with zero attached hydrogens (tertiary/aromatic N) is 5. The first-order valence-electron chi connectivity index (χ1n) is 8.31. The molecule has 0 saturated heterocycles. The van der Waals surface area contributed by atoms with Gasteiger partial charge >= 0.3 is 0 Å². The van der Waals surface area contributed by atoms with Gasteiger partial charge < -0.3 is 26.8 Å². The summed E-state index contributed by atoms with van der Waals surface area (Å²) in [6, 6.07) is 6.42. The second-order valence-corrected chi connectivity index (χ2v) is 6.53. The van der Waals surface area contributed by atoms with Crippen molar-refractivity contribution in [1.29, 1.82) is 10.5 Å². The zero-order valence-electron chi connectivity index (χ0n) is 15.4. The summed E-state index contributed by atoms with van der Waals surface area (Å²) >= 11 is 0. The van der Waals surface area contributed by atoms with Gasteiger partial charge in [-0.15, -0.1) is 0 Å². The van der Waals surface area contributed by atoms with E-state index < -0.39 is 6.04 Å². The Morgan fingerprint density at radius 3 is 2.71 bits per heavy atom. The minimum atomic E-state index is -0.645. The minimum Gasteiger partial charge on any atom is -0.508 e. The van der Waals surface area contributed by atoms with E-state index >= 15 is 0 Å². The lowest BCUT2D eigenvalue weighted by Crippen LogP contribution is -2.32. The number of anilines is 3. The molecule has 0 fully saturated rings. The summed E-state index contributed by atoms with van der Waals surface area (Å²) in [6.07, 6.45) is 1.81. The van der Waals surface area contributed by atoms with Crippen LogP contribution in [0.2, 0.25) is 0 Å². The first kappa shape index (κ1) is 18.8. The third-order valence-electron chi connectivity index (χ3n) is 4.26. The zero-order chi connectivity index (χ0) is 20.4. The topological polar surface area (TPSA) is 172 Å². The van der Waals surface area contributed by atoms with E-state index in [-0.39, 0.29) is 28.8 Å². The molecule has 7 N–H and O–H groups in total. The van der Waals surface area contributed by atoms with E-state index in [1.807, 2.05) is 31.1 Å². The summed E-state index contributed by atoms with van der Waals surface area (Å²) in [4.78, 5) is 10.6. The molecule has 1 atom stereocenters. The number of aromatic hydroxyl groups is 1. The number of nitrogens with two attached hydrogens (primary N) is 2. The summed E-state index contributed by atoms with van der Waals surface area (Å²) in [6.45, 7) is 0.517. The van der Waals surface area contributed by atoms with E-state index in [2.05, 4.69) is 20.6 Å². The second kappa shape index (κ2) is 7.31. The second-order valence-electron chi connectivity index (χ2n) is 6.53. The van der Waals surface area contributed by atoms with Crippen molar-refractivity contribution in [3.63, 3.8) is 0 Å². The van der Waals surface area contributed by atoms with Gasteiger partial charge in [0.05, 0.1) is 5.69 Å². The van der Waals surface area contributed by atoms with Gasteiger partial charge in [0.25, 0.3) is 0 Å². The Bertz CT molecular complexity index is 1050. The van der Waals surface area contributed by atoms with Crippen LogP contribution in [0.3, 0.4) is 0 Å². The van der Waals surface area contributed by atoms with Crippen LogP contribution in [-0.2, 0) is 6.54 Å². The van der Waals surface area contributed by atoms with Crippen LogP contribution in [0.1, 0.15) is 28.3 Å². The molecule has 1 unspecified atom stereocenters. The Morgan fingerprint density at radius 1 is 1.32 bits per heavy atom. The van der Waals surface area contributed by atoms with Crippen LogP contribution in [0.15, 0.2) is 23.2 Å². The molecule has 1 aromatic heterocycles. The van der Waals surface area contributed by atoms with E-state index in [4.69, 9.17) is 16.7 Å². The van der Waals surface area contributed by atoms with Gasteiger partial charge in [-0.2, -0.15) is 10.5 Å². The number of nitriles is 2. The van der Waals surface area contributed by atoms with Crippen LogP contribution in [-0.4, -0.2) is 35.0 Å². The number of guanidine groups is 1. The summed E-state index contributed by atoms with van der Waals surface area (Å²) in [5.41, 5.74) is 14.2. The minimum absolute atomic E-state index is 0.0118. The Labute approximate surface area is 161 Å². The number of aliphatic imine (C=N–C) groups is 1. The van der Waals surface area contributed by atoms with Gasteiger partial charge in [0.15, 0.2) is 6.19 Å². The SMILES string of the molecule is CN(C)Cc1cc(C2N=C(NC#N)Nc3nc(N)c(C#N)c(N)c32)ccc1O. The van der Waals surface area contributed by atoms with Crippen LogP contribution in [0.4, 0.5) is 17.3 Å². The molecule has 0 saturated carbocycles. The highest BCUT2D eigenvalue weighted by Crippen LogP contribution is 2.41. The Hall–Kier alpha value is -4.02. The van der Waals surface area contributed by atoms with Crippen molar-refractivity contribution in [3.05, 3.63) is 40.5 Å². The fourth-order valence-corrected chi connectivity index (χ4v) is 3.06. The summed E-state index contributed by atoms with van der Waals surface area (Å²) < 4.78 is 0. The first-order valence-corrected chi connectivity index (χ1v) is 8.31. The molecule has 0 aliphatic carbocycles. The van der Waals surface area contributed by atoms with E-state index in [1.54, 1.807) is 18.3 Å². The van der Waals surface area contributed by atoms with Crippen molar-refractivity contribution in [2.45, 2.75) is 12.6 Å². The lowest BCUT2D eigenvalue weighted by Gasteiger charge is -2.26. The number of aromatic nitrogens is 1. The fraction of sp³-hybridized carbons (Fsp3) is 0.222. The van der Waals surface area contributed by atoms with Crippen molar-refractivity contribution in [1.82, 2.24) is 15.2 Å². The molecule has 3 rings (SSSR count). The molecule has 10 heteroatoms. The molecule has 1 aliphatic rings. The quantitative estimate of drug-likeness (QED) is 0.383. The molecule has 28 heavy (non-hydrogen) atoms. The molecule has 0 amide bonds. The largest absolute Gasteiger partial charge is 0.508 e. The molecule has 1 aliphatic heterocycles. The Balaban J connectivity index is 2.21. The van der Waals surface area contributed by atoms with Crippen LogP contribution in [0.25, 0.3) is 0 Å². The highest BCUT2D eigenvalue weighted by Gasteiger charge is 2.30. The highest BCUT2D eigenvalue weighted by atomic mass is 16.3. The number of phenols is 1. The van der Waals surface area contributed by atoms with Crippen molar-refractivity contribution < 1.29 is 5.11 Å². The molecule has 10 nitrogen and oxygen atoms in total. The maximum Gasteiger partial charge on any atom is 0.211 e. The molecular formula is C18H19N9O. The maximum absolute atomic E-state index is 10.2. The van der Waals surface area contributed by atoms with E-state index in [9.17, 15) is 10.4 Å². The summed E-state index contributed by atoms with van der Waals surface area (Å²) in [5, 5.41) is 33.8. The number of benzene rings is 1. The van der Waals surface area contributed by atoms with Crippen molar-refractivity contribution >= 4 is 23.3 Å². The first-order chi connectivity index (χ1) is 13.3. The molecule has 2 aromatic rings. The number of nitrogen functional groups attached to an aromatic ring is 2. The summed E-state index contributed by atoms with van der Waals surface area (Å²) in [5.74, 6) is 0.640. The van der Waals surface area contributed by atoms with Crippen LogP contribution in [0, 0.1) is 22.8 Å². The number of hydrogen-bond donors (Lipinski definition) is 5. The third kappa shape index (κ3) is 3.32. The Kier molecular flexibility index (Phi) is 4.90. The molecule has 0 bridgehead atoms. The van der Waals surface area contributed by atoms with E-state index in [1.165, 1.54) is 0 Å². The lowest BCUT2D eigenvalue weighted by atomic mass is 9.93. The predicted molar refractivity (Wildman–Crippen MR) is 105 cm³/mol. The number of fused-ring (bicyclic) bond motifs is 1. The number of phenolic OH excluding ortho intramolecular Hbond substituents is 1. The predicted octanol–water partition coefficient (Wildman–Crippen LogP) is 0.826. The van der Waals surface area contributed by atoms with Crippen LogP contribution >= 0.6 is 0 Å².